The molecule has 0 aliphatic heterocycles. The van der Waals surface area contributed by atoms with Gasteiger partial charge in [0.05, 0.1) is 24.7 Å². The Morgan fingerprint density at radius 1 is 0.893 bits per heavy atom. The lowest BCUT2D eigenvalue weighted by Gasteiger charge is -2.24. The molecular weight excluding hydrogens is 370 g/mol. The number of ether oxygens (including phenoxy) is 1. The van der Waals surface area contributed by atoms with Gasteiger partial charge in [0.15, 0.2) is 0 Å². The average molecular weight is 394 g/mol. The van der Waals surface area contributed by atoms with Crippen molar-refractivity contribution in [2.24, 2.45) is 0 Å². The van der Waals surface area contributed by atoms with Crippen LogP contribution in [-0.4, -0.2) is 15.5 Å². The Hall–Kier alpha value is -3.05. The summed E-state index contributed by atoms with van der Waals surface area (Å²) < 4.78 is 33.0. The molecular formula is C23H23NO3S. The fourth-order valence-electron chi connectivity index (χ4n) is 2.82. The van der Waals surface area contributed by atoms with Gasteiger partial charge in [-0.1, -0.05) is 54.6 Å². The molecule has 0 aliphatic carbocycles. The Morgan fingerprint density at radius 3 is 2.18 bits per heavy atom. The fraction of sp³-hybridized carbons (Fsp3) is 0.130. The maximum atomic E-state index is 13.2. The van der Waals surface area contributed by atoms with Gasteiger partial charge in [-0.3, -0.25) is 4.31 Å². The summed E-state index contributed by atoms with van der Waals surface area (Å²) in [5.74, 6) is 0.678. The Balaban J connectivity index is 1.98. The van der Waals surface area contributed by atoms with Crippen molar-refractivity contribution in [3.05, 3.63) is 101 Å². The van der Waals surface area contributed by atoms with Crippen LogP contribution in [0.15, 0.2) is 84.3 Å². The molecule has 0 saturated carbocycles. The van der Waals surface area contributed by atoms with Gasteiger partial charge >= 0.3 is 0 Å². The van der Waals surface area contributed by atoms with E-state index in [-0.39, 0.29) is 6.54 Å². The summed E-state index contributed by atoms with van der Waals surface area (Å²) in [4.78, 5) is 0. The molecule has 3 aromatic carbocycles. The molecule has 3 rings (SSSR count). The topological polar surface area (TPSA) is 46.6 Å². The first-order valence-corrected chi connectivity index (χ1v) is 10.4. The van der Waals surface area contributed by atoms with Crippen LogP contribution in [0.3, 0.4) is 0 Å². The van der Waals surface area contributed by atoms with E-state index in [0.717, 1.165) is 16.7 Å². The number of sulfonamides is 1. The first-order chi connectivity index (χ1) is 13.5. The van der Waals surface area contributed by atoms with E-state index in [1.807, 2.05) is 61.5 Å². The summed E-state index contributed by atoms with van der Waals surface area (Å²) in [6.07, 6.45) is 1.61. The van der Waals surface area contributed by atoms with Crippen LogP contribution in [0.25, 0.3) is 6.08 Å². The van der Waals surface area contributed by atoms with E-state index in [9.17, 15) is 8.42 Å². The smallest absolute Gasteiger partial charge is 0.257 e. The molecule has 144 valence electrons. The highest BCUT2D eigenvalue weighted by molar-refractivity contribution is 7.95. The van der Waals surface area contributed by atoms with E-state index < -0.39 is 10.0 Å². The zero-order valence-electron chi connectivity index (χ0n) is 15.9. The summed E-state index contributed by atoms with van der Waals surface area (Å²) in [7, 11) is -2.11. The number of anilines is 1. The molecule has 0 spiro atoms. The van der Waals surface area contributed by atoms with Gasteiger partial charge in [-0.2, -0.15) is 0 Å². The SMILES string of the molecule is COc1ccc(N(Cc2ccccc2C)S(=O)(=O)/C=C/c2ccccc2)cc1. The third-order valence-electron chi connectivity index (χ3n) is 4.47. The Labute approximate surface area is 166 Å². The van der Waals surface area contributed by atoms with E-state index in [1.54, 1.807) is 37.5 Å². The molecule has 0 saturated heterocycles. The molecule has 28 heavy (non-hydrogen) atoms. The number of methoxy groups -OCH3 is 1. The summed E-state index contributed by atoms with van der Waals surface area (Å²) in [6.45, 7) is 2.23. The largest absolute Gasteiger partial charge is 0.497 e. The third kappa shape index (κ3) is 4.81. The summed E-state index contributed by atoms with van der Waals surface area (Å²) in [5, 5.41) is 1.25. The van der Waals surface area contributed by atoms with Gasteiger partial charge in [-0.15, -0.1) is 0 Å². The van der Waals surface area contributed by atoms with Crippen molar-refractivity contribution >= 4 is 21.8 Å². The second-order valence-electron chi connectivity index (χ2n) is 6.39. The number of nitrogens with zero attached hydrogens (tertiary/aromatic N) is 1. The number of aryl methyl sites for hydroxylation is 1. The van der Waals surface area contributed by atoms with Crippen molar-refractivity contribution in [1.82, 2.24) is 0 Å². The Morgan fingerprint density at radius 2 is 1.54 bits per heavy atom. The second kappa shape index (κ2) is 8.76. The van der Waals surface area contributed by atoms with Gasteiger partial charge in [-0.05, 0) is 54.0 Å². The van der Waals surface area contributed by atoms with Gasteiger partial charge in [0.1, 0.15) is 5.75 Å². The molecule has 0 aliphatic rings. The molecule has 5 heteroatoms. The highest BCUT2D eigenvalue weighted by Gasteiger charge is 2.21. The Kier molecular flexibility index (Phi) is 6.16. The lowest BCUT2D eigenvalue weighted by atomic mass is 10.1. The monoisotopic (exact) mass is 393 g/mol. The lowest BCUT2D eigenvalue weighted by Crippen LogP contribution is -2.29. The van der Waals surface area contributed by atoms with Crippen molar-refractivity contribution in [3.8, 4) is 5.75 Å². The maximum Gasteiger partial charge on any atom is 0.257 e. The number of rotatable bonds is 7. The van der Waals surface area contributed by atoms with Gasteiger partial charge in [0.25, 0.3) is 10.0 Å². The summed E-state index contributed by atoms with van der Waals surface area (Å²) >= 11 is 0. The molecule has 0 fully saturated rings. The molecule has 0 heterocycles. The molecule has 0 atom stereocenters. The summed E-state index contributed by atoms with van der Waals surface area (Å²) in [5.41, 5.74) is 3.41. The minimum Gasteiger partial charge on any atom is -0.497 e. The predicted octanol–water partition coefficient (Wildman–Crippen LogP) is 5.01. The van der Waals surface area contributed by atoms with Crippen molar-refractivity contribution in [2.45, 2.75) is 13.5 Å². The normalized spacial score (nSPS) is 11.5. The predicted molar refractivity (Wildman–Crippen MR) is 115 cm³/mol. The van der Waals surface area contributed by atoms with Crippen LogP contribution in [0.5, 0.6) is 5.75 Å². The second-order valence-corrected chi connectivity index (χ2v) is 8.13. The minimum absolute atomic E-state index is 0.250. The standard InChI is InChI=1S/C23H23NO3S/c1-19-8-6-7-11-21(19)18-24(22-12-14-23(27-2)15-13-22)28(25,26)17-16-20-9-4-3-5-10-20/h3-17H,18H2,1-2H3/b17-16+. The zero-order chi connectivity index (χ0) is 20.0. The van der Waals surface area contributed by atoms with Crippen LogP contribution >= 0.6 is 0 Å². The maximum absolute atomic E-state index is 13.2. The van der Waals surface area contributed by atoms with Gasteiger partial charge in [0, 0.05) is 0 Å². The van der Waals surface area contributed by atoms with Crippen molar-refractivity contribution in [3.63, 3.8) is 0 Å². The van der Waals surface area contributed by atoms with Crippen molar-refractivity contribution < 1.29 is 13.2 Å². The van der Waals surface area contributed by atoms with E-state index in [2.05, 4.69) is 0 Å². The van der Waals surface area contributed by atoms with E-state index in [1.165, 1.54) is 9.71 Å². The third-order valence-corrected chi connectivity index (χ3v) is 5.91. The summed E-state index contributed by atoms with van der Waals surface area (Å²) in [6, 6.07) is 24.2. The van der Waals surface area contributed by atoms with E-state index >= 15 is 0 Å². The first kappa shape index (κ1) is 19.7. The highest BCUT2D eigenvalue weighted by Crippen LogP contribution is 2.26. The van der Waals surface area contributed by atoms with Crippen molar-refractivity contribution in [1.29, 1.82) is 0 Å². The van der Waals surface area contributed by atoms with Crippen LogP contribution < -0.4 is 9.04 Å². The van der Waals surface area contributed by atoms with Crippen LogP contribution in [0.2, 0.25) is 0 Å². The van der Waals surface area contributed by atoms with Gasteiger partial charge < -0.3 is 4.74 Å². The molecule has 3 aromatic rings. The minimum atomic E-state index is -3.70. The zero-order valence-corrected chi connectivity index (χ0v) is 16.8. The van der Waals surface area contributed by atoms with Crippen molar-refractivity contribution in [2.75, 3.05) is 11.4 Å². The number of hydrogen-bond acceptors (Lipinski definition) is 3. The molecule has 4 nitrogen and oxygen atoms in total. The molecule has 0 N–H and O–H groups in total. The van der Waals surface area contributed by atoms with Crippen LogP contribution in [-0.2, 0) is 16.6 Å². The van der Waals surface area contributed by atoms with Crippen LogP contribution in [0.4, 0.5) is 5.69 Å². The number of hydrogen-bond donors (Lipinski definition) is 0. The van der Waals surface area contributed by atoms with E-state index in [4.69, 9.17) is 4.74 Å². The Bertz CT molecular complexity index is 1040. The quantitative estimate of drug-likeness (QED) is 0.567. The van der Waals surface area contributed by atoms with Crippen LogP contribution in [0, 0.1) is 6.92 Å². The molecule has 0 bridgehead atoms. The molecule has 0 aromatic heterocycles. The first-order valence-electron chi connectivity index (χ1n) is 8.94. The van der Waals surface area contributed by atoms with Crippen LogP contribution in [0.1, 0.15) is 16.7 Å². The van der Waals surface area contributed by atoms with Gasteiger partial charge in [0.2, 0.25) is 0 Å². The average Bonchev–Trinajstić information content (AvgIpc) is 2.72. The lowest BCUT2D eigenvalue weighted by molar-refractivity contribution is 0.415. The molecule has 0 unspecified atom stereocenters. The molecule has 0 radical (unpaired) electrons. The molecule has 0 amide bonds. The fourth-order valence-corrected chi connectivity index (χ4v) is 4.03. The highest BCUT2D eigenvalue weighted by atomic mass is 32.2. The number of benzene rings is 3. The van der Waals surface area contributed by atoms with E-state index in [0.29, 0.717) is 11.4 Å². The van der Waals surface area contributed by atoms with Gasteiger partial charge in [-0.25, -0.2) is 8.42 Å².